The maximum Gasteiger partial charge on any atom is 0.256 e. The van der Waals surface area contributed by atoms with E-state index in [2.05, 4.69) is 5.32 Å². The highest BCUT2D eigenvalue weighted by Gasteiger charge is 2.33. The predicted molar refractivity (Wildman–Crippen MR) is 83.1 cm³/mol. The second kappa shape index (κ2) is 5.51. The van der Waals surface area contributed by atoms with E-state index >= 15 is 0 Å². The number of aliphatic hydroxyl groups excluding tert-OH is 1. The summed E-state index contributed by atoms with van der Waals surface area (Å²) in [6, 6.07) is 11.0. The largest absolute Gasteiger partial charge is 0.507 e. The monoisotopic (exact) mass is 333 g/mol. The van der Waals surface area contributed by atoms with Crippen LogP contribution in [0.3, 0.4) is 0 Å². The topological polar surface area (TPSA) is 83.5 Å². The van der Waals surface area contributed by atoms with Crippen LogP contribution in [-0.4, -0.2) is 25.2 Å². The molecule has 0 atom stereocenters. The van der Waals surface area contributed by atoms with Gasteiger partial charge in [-0.3, -0.25) is 4.79 Å². The summed E-state index contributed by atoms with van der Waals surface area (Å²) in [7, 11) is -3.71. The molecular formula is C16H12FNO4S. The maximum atomic E-state index is 12.9. The maximum absolute atomic E-state index is 12.9. The molecule has 2 aromatic carbocycles. The smallest absolute Gasteiger partial charge is 0.256 e. The second-order valence-corrected chi connectivity index (χ2v) is 7.00. The molecule has 5 nitrogen and oxygen atoms in total. The van der Waals surface area contributed by atoms with Gasteiger partial charge < -0.3 is 10.4 Å². The molecule has 0 aromatic heterocycles. The van der Waals surface area contributed by atoms with E-state index in [0.717, 1.165) is 12.1 Å². The first-order chi connectivity index (χ1) is 10.9. The number of anilines is 1. The Morgan fingerprint density at radius 1 is 1.09 bits per heavy atom. The Kier molecular flexibility index (Phi) is 3.65. The van der Waals surface area contributed by atoms with Gasteiger partial charge in [0, 0.05) is 11.3 Å². The number of carbonyl (C=O) groups excluding carboxylic acids is 1. The Bertz CT molecular complexity index is 917. The van der Waals surface area contributed by atoms with Gasteiger partial charge >= 0.3 is 0 Å². The first kappa shape index (κ1) is 15.2. The molecule has 2 N–H and O–H groups in total. The summed E-state index contributed by atoms with van der Waals surface area (Å²) in [6.07, 6.45) is 0. The third kappa shape index (κ3) is 2.83. The Balaban J connectivity index is 1.99. The summed E-state index contributed by atoms with van der Waals surface area (Å²) in [4.78, 5) is 12.3. The number of halogens is 1. The highest BCUT2D eigenvalue weighted by molar-refractivity contribution is 7.91. The lowest BCUT2D eigenvalue weighted by atomic mass is 10.1. The number of rotatable bonds is 2. The molecule has 0 bridgehead atoms. The SMILES string of the molecule is O=C(Nc1ccc(F)cc1)C1=C(O)c2ccccc2S(=O)(=O)C1. The number of benzene rings is 2. The molecule has 0 saturated heterocycles. The van der Waals surface area contributed by atoms with E-state index in [1.165, 1.54) is 24.3 Å². The van der Waals surface area contributed by atoms with Crippen molar-refractivity contribution in [2.75, 3.05) is 11.1 Å². The summed E-state index contributed by atoms with van der Waals surface area (Å²) in [6.45, 7) is 0. The summed E-state index contributed by atoms with van der Waals surface area (Å²) in [5.74, 6) is -2.16. The molecule has 2 aromatic rings. The molecule has 0 fully saturated rings. The van der Waals surface area contributed by atoms with Gasteiger partial charge in [-0.25, -0.2) is 12.8 Å². The molecule has 3 rings (SSSR count). The van der Waals surface area contributed by atoms with Crippen LogP contribution in [0.1, 0.15) is 5.56 Å². The zero-order chi connectivity index (χ0) is 16.6. The van der Waals surface area contributed by atoms with Crippen molar-refractivity contribution in [1.29, 1.82) is 0 Å². The minimum Gasteiger partial charge on any atom is -0.507 e. The molecule has 1 aliphatic heterocycles. The molecule has 0 radical (unpaired) electrons. The van der Waals surface area contributed by atoms with Crippen molar-refractivity contribution in [2.24, 2.45) is 0 Å². The van der Waals surface area contributed by atoms with Crippen LogP contribution in [0.25, 0.3) is 5.76 Å². The number of carbonyl (C=O) groups is 1. The Morgan fingerprint density at radius 3 is 2.43 bits per heavy atom. The van der Waals surface area contributed by atoms with Crippen LogP contribution >= 0.6 is 0 Å². The third-order valence-corrected chi connectivity index (χ3v) is 5.17. The lowest BCUT2D eigenvalue weighted by Crippen LogP contribution is -2.26. The summed E-state index contributed by atoms with van der Waals surface area (Å²) in [5.41, 5.74) is 0.156. The average molecular weight is 333 g/mol. The molecule has 1 amide bonds. The fourth-order valence-electron chi connectivity index (χ4n) is 2.35. The zero-order valence-corrected chi connectivity index (χ0v) is 12.6. The number of hydrogen-bond donors (Lipinski definition) is 2. The molecule has 1 aliphatic rings. The fourth-order valence-corrected chi connectivity index (χ4v) is 3.93. The van der Waals surface area contributed by atoms with E-state index in [-0.39, 0.29) is 21.8 Å². The number of sulfone groups is 1. The van der Waals surface area contributed by atoms with E-state index in [4.69, 9.17) is 0 Å². The number of amides is 1. The van der Waals surface area contributed by atoms with Gasteiger partial charge in [0.15, 0.2) is 9.84 Å². The van der Waals surface area contributed by atoms with Crippen LogP contribution in [0.15, 0.2) is 59.0 Å². The Labute approximate surface area is 132 Å². The van der Waals surface area contributed by atoms with Gasteiger partial charge in [0.05, 0.1) is 16.2 Å². The molecule has 7 heteroatoms. The van der Waals surface area contributed by atoms with E-state index in [9.17, 15) is 22.7 Å². The number of nitrogens with one attached hydrogen (secondary N) is 1. The van der Waals surface area contributed by atoms with Crippen molar-refractivity contribution >= 4 is 27.2 Å². The van der Waals surface area contributed by atoms with Crippen molar-refractivity contribution in [1.82, 2.24) is 0 Å². The second-order valence-electron chi connectivity index (χ2n) is 5.04. The highest BCUT2D eigenvalue weighted by Crippen LogP contribution is 2.32. The van der Waals surface area contributed by atoms with Gasteiger partial charge in [0.25, 0.3) is 5.91 Å². The molecule has 0 spiro atoms. The fraction of sp³-hybridized carbons (Fsp3) is 0.0625. The minimum absolute atomic E-state index is 0.00386. The molecule has 0 aliphatic carbocycles. The van der Waals surface area contributed by atoms with Crippen LogP contribution < -0.4 is 5.32 Å². The molecule has 118 valence electrons. The zero-order valence-electron chi connectivity index (χ0n) is 11.8. The van der Waals surface area contributed by atoms with E-state index < -0.39 is 27.3 Å². The van der Waals surface area contributed by atoms with E-state index in [1.807, 2.05) is 0 Å². The minimum atomic E-state index is -3.71. The Hall–Kier alpha value is -2.67. The van der Waals surface area contributed by atoms with Crippen molar-refractivity contribution in [3.63, 3.8) is 0 Å². The van der Waals surface area contributed by atoms with E-state index in [1.54, 1.807) is 12.1 Å². The molecule has 0 saturated carbocycles. The number of fused-ring (bicyclic) bond motifs is 1. The summed E-state index contributed by atoms with van der Waals surface area (Å²) in [5, 5.41) is 12.7. The van der Waals surface area contributed by atoms with Gasteiger partial charge in [-0.05, 0) is 36.4 Å². The Morgan fingerprint density at radius 2 is 1.74 bits per heavy atom. The van der Waals surface area contributed by atoms with Gasteiger partial charge in [-0.2, -0.15) is 0 Å². The van der Waals surface area contributed by atoms with Crippen molar-refractivity contribution < 1.29 is 22.7 Å². The first-order valence-electron chi connectivity index (χ1n) is 6.70. The third-order valence-electron chi connectivity index (χ3n) is 3.47. The highest BCUT2D eigenvalue weighted by atomic mass is 32.2. The van der Waals surface area contributed by atoms with Crippen molar-refractivity contribution in [2.45, 2.75) is 4.90 Å². The van der Waals surface area contributed by atoms with Crippen LogP contribution in [0.5, 0.6) is 0 Å². The van der Waals surface area contributed by atoms with Crippen molar-refractivity contribution in [3.05, 3.63) is 65.5 Å². The van der Waals surface area contributed by atoms with Gasteiger partial charge in [-0.1, -0.05) is 12.1 Å². The first-order valence-corrected chi connectivity index (χ1v) is 8.35. The van der Waals surface area contributed by atoms with Gasteiger partial charge in [-0.15, -0.1) is 0 Å². The summed E-state index contributed by atoms with van der Waals surface area (Å²) >= 11 is 0. The normalized spacial score (nSPS) is 15.9. The van der Waals surface area contributed by atoms with Gasteiger partial charge in [0.2, 0.25) is 0 Å². The molecule has 0 unspecified atom stereocenters. The lowest BCUT2D eigenvalue weighted by Gasteiger charge is -2.19. The van der Waals surface area contributed by atoms with Crippen LogP contribution in [-0.2, 0) is 14.6 Å². The molecule has 1 heterocycles. The summed E-state index contributed by atoms with van der Waals surface area (Å²) < 4.78 is 37.4. The quantitative estimate of drug-likeness (QED) is 0.884. The van der Waals surface area contributed by atoms with E-state index in [0.29, 0.717) is 5.69 Å². The lowest BCUT2D eigenvalue weighted by molar-refractivity contribution is -0.112. The van der Waals surface area contributed by atoms with Crippen LogP contribution in [0, 0.1) is 5.82 Å². The van der Waals surface area contributed by atoms with Crippen molar-refractivity contribution in [3.8, 4) is 0 Å². The standard InChI is InChI=1S/C16H12FNO4S/c17-10-5-7-11(8-6-10)18-16(20)13-9-23(21,22)14-4-2-1-3-12(14)15(13)19/h1-8,19H,9H2,(H,18,20). The molecule has 23 heavy (non-hydrogen) atoms. The number of hydrogen-bond acceptors (Lipinski definition) is 4. The van der Waals surface area contributed by atoms with Crippen LogP contribution in [0.2, 0.25) is 0 Å². The predicted octanol–water partition coefficient (Wildman–Crippen LogP) is 2.52. The van der Waals surface area contributed by atoms with Crippen LogP contribution in [0.4, 0.5) is 10.1 Å². The molecular weight excluding hydrogens is 321 g/mol. The van der Waals surface area contributed by atoms with Gasteiger partial charge in [0.1, 0.15) is 11.6 Å². The average Bonchev–Trinajstić information content (AvgIpc) is 2.53. The number of aliphatic hydroxyl groups is 1.